The maximum atomic E-state index is 12.3. The van der Waals surface area contributed by atoms with Crippen molar-refractivity contribution in [3.8, 4) is 0 Å². The fourth-order valence-corrected chi connectivity index (χ4v) is 3.61. The molecular weight excluding hydrogens is 310 g/mol. The third kappa shape index (κ3) is 3.64. The molecule has 1 aromatic carbocycles. The maximum Gasteiger partial charge on any atom is 0.263 e. The van der Waals surface area contributed by atoms with Crippen molar-refractivity contribution in [2.45, 2.75) is 31.6 Å². The van der Waals surface area contributed by atoms with Crippen molar-refractivity contribution in [3.63, 3.8) is 0 Å². The third-order valence-electron chi connectivity index (χ3n) is 2.78. The number of rotatable bonds is 6. The molecule has 1 N–H and O–H groups in total. The minimum Gasteiger partial charge on any atom is -0.294 e. The highest BCUT2D eigenvalue weighted by atomic mass is 32.2. The average molecular weight is 325 g/mol. The highest BCUT2D eigenvalue weighted by Gasteiger charge is 2.18. The normalized spacial score (nSPS) is 11.3. The summed E-state index contributed by atoms with van der Waals surface area (Å²) in [6, 6.07) is 5.96. The number of ketones is 1. The summed E-state index contributed by atoms with van der Waals surface area (Å²) in [7, 11) is -3.77. The minimum atomic E-state index is -3.77. The molecule has 0 bridgehead atoms. The zero-order valence-corrected chi connectivity index (χ0v) is 13.3. The molecule has 0 saturated carbocycles. The van der Waals surface area contributed by atoms with E-state index in [2.05, 4.69) is 14.9 Å². The smallest absolute Gasteiger partial charge is 0.263 e. The number of hydrogen-bond acceptors (Lipinski definition) is 6. The van der Waals surface area contributed by atoms with Gasteiger partial charge < -0.3 is 0 Å². The summed E-state index contributed by atoms with van der Waals surface area (Å²) >= 11 is 1.19. The summed E-state index contributed by atoms with van der Waals surface area (Å²) in [5.41, 5.74) is 0.381. The maximum absolute atomic E-state index is 12.3. The topological polar surface area (TPSA) is 89.0 Å². The summed E-state index contributed by atoms with van der Waals surface area (Å²) in [5, 5.41) is 8.62. The van der Waals surface area contributed by atoms with Crippen LogP contribution in [0.1, 0.15) is 35.6 Å². The Hall–Kier alpha value is -1.80. The zero-order valence-electron chi connectivity index (χ0n) is 11.7. The zero-order chi connectivity index (χ0) is 15.5. The number of anilines is 1. The monoisotopic (exact) mass is 325 g/mol. The van der Waals surface area contributed by atoms with Crippen LogP contribution in [0.3, 0.4) is 0 Å². The fraction of sp³-hybridized carbons (Fsp3) is 0.308. The van der Waals surface area contributed by atoms with Crippen molar-refractivity contribution in [3.05, 3.63) is 34.8 Å². The lowest BCUT2D eigenvalue weighted by molar-refractivity contribution is 0.0988. The second kappa shape index (κ2) is 6.31. The second-order valence-corrected chi connectivity index (χ2v) is 7.01. The molecule has 0 atom stereocenters. The van der Waals surface area contributed by atoms with Crippen LogP contribution in [0.15, 0.2) is 29.2 Å². The molecule has 8 heteroatoms. The van der Waals surface area contributed by atoms with Crippen LogP contribution < -0.4 is 4.72 Å². The van der Waals surface area contributed by atoms with E-state index in [-0.39, 0.29) is 15.8 Å². The van der Waals surface area contributed by atoms with Gasteiger partial charge in [0.25, 0.3) is 10.0 Å². The lowest BCUT2D eigenvalue weighted by Crippen LogP contribution is -2.13. The predicted octanol–water partition coefficient (Wildman–Crippen LogP) is 2.49. The van der Waals surface area contributed by atoms with Crippen LogP contribution in [0.2, 0.25) is 0 Å². The average Bonchev–Trinajstić information content (AvgIpc) is 2.93. The Morgan fingerprint density at radius 1 is 1.29 bits per heavy atom. The van der Waals surface area contributed by atoms with Crippen LogP contribution in [0.4, 0.5) is 5.13 Å². The molecule has 0 aliphatic heterocycles. The highest BCUT2D eigenvalue weighted by Crippen LogP contribution is 2.21. The minimum absolute atomic E-state index is 0.0371. The largest absolute Gasteiger partial charge is 0.294 e. The summed E-state index contributed by atoms with van der Waals surface area (Å²) in [6.07, 6.45) is 1.02. The molecule has 21 heavy (non-hydrogen) atoms. The Labute approximate surface area is 127 Å². The van der Waals surface area contributed by atoms with E-state index in [1.165, 1.54) is 23.5 Å². The summed E-state index contributed by atoms with van der Waals surface area (Å²) in [5.74, 6) is -0.101. The van der Waals surface area contributed by atoms with E-state index in [0.717, 1.165) is 5.01 Å². The molecule has 0 aliphatic carbocycles. The van der Waals surface area contributed by atoms with Crippen molar-refractivity contribution in [2.75, 3.05) is 4.72 Å². The quantitative estimate of drug-likeness (QED) is 0.824. The van der Waals surface area contributed by atoms with Gasteiger partial charge in [-0.1, -0.05) is 37.3 Å². The standard InChI is InChI=1S/C13H15N3O3S2/c1-3-11(17)9-6-5-7-10(8-9)21(18,19)16-13-15-14-12(4-2)20-13/h5-8H,3-4H2,1-2H3,(H,15,16). The molecule has 0 spiro atoms. The molecule has 0 saturated heterocycles. The van der Waals surface area contributed by atoms with E-state index in [9.17, 15) is 13.2 Å². The van der Waals surface area contributed by atoms with Gasteiger partial charge in [-0.2, -0.15) is 0 Å². The fourth-order valence-electron chi connectivity index (χ4n) is 1.65. The number of aromatic nitrogens is 2. The predicted molar refractivity (Wildman–Crippen MR) is 81.2 cm³/mol. The van der Waals surface area contributed by atoms with Gasteiger partial charge in [-0.3, -0.25) is 9.52 Å². The molecule has 1 heterocycles. The third-order valence-corrected chi connectivity index (χ3v) is 5.23. The number of benzene rings is 1. The lowest BCUT2D eigenvalue weighted by atomic mass is 10.1. The Kier molecular flexibility index (Phi) is 4.69. The summed E-state index contributed by atoms with van der Waals surface area (Å²) in [4.78, 5) is 11.7. The van der Waals surface area contributed by atoms with Crippen LogP contribution in [0, 0.1) is 0 Å². The highest BCUT2D eigenvalue weighted by molar-refractivity contribution is 7.93. The molecule has 112 valence electrons. The Bertz CT molecular complexity index is 754. The number of carbonyl (C=O) groups excluding carboxylic acids is 1. The SMILES string of the molecule is CCC(=O)c1cccc(S(=O)(=O)Nc2nnc(CC)s2)c1. The lowest BCUT2D eigenvalue weighted by Gasteiger charge is -2.06. The van der Waals surface area contributed by atoms with E-state index in [1.807, 2.05) is 6.92 Å². The molecule has 0 radical (unpaired) electrons. The molecular formula is C13H15N3O3S2. The number of nitrogens with one attached hydrogen (secondary N) is 1. The van der Waals surface area contributed by atoms with Gasteiger partial charge >= 0.3 is 0 Å². The van der Waals surface area contributed by atoms with E-state index in [0.29, 0.717) is 18.4 Å². The van der Waals surface area contributed by atoms with Crippen molar-refractivity contribution in [1.29, 1.82) is 0 Å². The van der Waals surface area contributed by atoms with Crippen LogP contribution in [-0.2, 0) is 16.4 Å². The molecule has 6 nitrogen and oxygen atoms in total. The van der Waals surface area contributed by atoms with E-state index >= 15 is 0 Å². The number of sulfonamides is 1. The Balaban J connectivity index is 2.29. The van der Waals surface area contributed by atoms with E-state index in [1.54, 1.807) is 19.1 Å². The molecule has 2 aromatic rings. The molecule has 0 aliphatic rings. The molecule has 0 unspecified atom stereocenters. The van der Waals surface area contributed by atoms with Gasteiger partial charge in [-0.05, 0) is 18.6 Å². The van der Waals surface area contributed by atoms with Crippen LogP contribution in [-0.4, -0.2) is 24.4 Å². The van der Waals surface area contributed by atoms with Crippen molar-refractivity contribution < 1.29 is 13.2 Å². The molecule has 2 rings (SSSR count). The van der Waals surface area contributed by atoms with E-state index < -0.39 is 10.0 Å². The van der Waals surface area contributed by atoms with Gasteiger partial charge in [-0.15, -0.1) is 10.2 Å². The Morgan fingerprint density at radius 2 is 2.05 bits per heavy atom. The summed E-state index contributed by atoms with van der Waals surface area (Å²) in [6.45, 7) is 3.65. The number of aryl methyl sites for hydroxylation is 1. The first-order valence-electron chi connectivity index (χ1n) is 6.44. The van der Waals surface area contributed by atoms with Crippen molar-refractivity contribution >= 4 is 32.3 Å². The summed E-state index contributed by atoms with van der Waals surface area (Å²) < 4.78 is 26.9. The van der Waals surface area contributed by atoms with Crippen molar-refractivity contribution in [1.82, 2.24) is 10.2 Å². The van der Waals surface area contributed by atoms with Gasteiger partial charge in [0, 0.05) is 12.0 Å². The van der Waals surface area contributed by atoms with Gasteiger partial charge in [-0.25, -0.2) is 8.42 Å². The Morgan fingerprint density at radius 3 is 2.67 bits per heavy atom. The number of hydrogen-bond donors (Lipinski definition) is 1. The molecule has 0 amide bonds. The number of Topliss-reactive ketones (excluding diaryl/α,β-unsaturated/α-hetero) is 1. The van der Waals surface area contributed by atoms with Gasteiger partial charge in [0.15, 0.2) is 5.78 Å². The van der Waals surface area contributed by atoms with Crippen molar-refractivity contribution in [2.24, 2.45) is 0 Å². The molecule has 1 aromatic heterocycles. The number of carbonyl (C=O) groups is 1. The van der Waals surface area contributed by atoms with Gasteiger partial charge in [0.05, 0.1) is 4.90 Å². The second-order valence-electron chi connectivity index (χ2n) is 4.26. The first-order chi connectivity index (χ1) is 9.96. The first kappa shape index (κ1) is 15.6. The van der Waals surface area contributed by atoms with E-state index in [4.69, 9.17) is 0 Å². The van der Waals surface area contributed by atoms with Gasteiger partial charge in [0.1, 0.15) is 5.01 Å². The van der Waals surface area contributed by atoms with Crippen LogP contribution in [0.5, 0.6) is 0 Å². The molecule has 0 fully saturated rings. The van der Waals surface area contributed by atoms with Gasteiger partial charge in [0.2, 0.25) is 5.13 Å². The van der Waals surface area contributed by atoms with Crippen LogP contribution in [0.25, 0.3) is 0 Å². The van der Waals surface area contributed by atoms with Crippen LogP contribution >= 0.6 is 11.3 Å². The number of nitrogens with zero attached hydrogens (tertiary/aromatic N) is 2. The first-order valence-corrected chi connectivity index (χ1v) is 8.74.